The molecule has 0 unspecified atom stereocenters. The van der Waals surface area contributed by atoms with E-state index in [-0.39, 0.29) is 5.96 Å². The Balaban J connectivity index is 2.18. The van der Waals surface area contributed by atoms with Gasteiger partial charge < -0.3 is 16.2 Å². The van der Waals surface area contributed by atoms with E-state index in [0.717, 1.165) is 45.2 Å². The van der Waals surface area contributed by atoms with Crippen LogP contribution >= 0.6 is 38.5 Å². The van der Waals surface area contributed by atoms with E-state index in [1.165, 1.54) is 6.42 Å². The minimum atomic E-state index is -0.467. The van der Waals surface area contributed by atoms with Crippen LogP contribution in [0.1, 0.15) is 32.1 Å². The number of nitrogens with two attached hydrogens (primary N) is 2. The summed E-state index contributed by atoms with van der Waals surface area (Å²) in [6.45, 7) is 0. The van der Waals surface area contributed by atoms with Crippen molar-refractivity contribution in [2.75, 3.05) is 12.0 Å². The van der Waals surface area contributed by atoms with E-state index < -0.39 is 5.66 Å². The van der Waals surface area contributed by atoms with Gasteiger partial charge >= 0.3 is 0 Å². The average molecular weight is 492 g/mol. The van der Waals surface area contributed by atoms with Crippen LogP contribution in [0.5, 0.6) is 5.75 Å². The van der Waals surface area contributed by atoms with Crippen molar-refractivity contribution in [1.82, 2.24) is 0 Å². The van der Waals surface area contributed by atoms with Crippen LogP contribution in [0, 0.1) is 3.57 Å². The zero-order valence-electron chi connectivity index (χ0n) is 12.9. The van der Waals surface area contributed by atoms with Crippen molar-refractivity contribution in [2.45, 2.75) is 37.8 Å². The van der Waals surface area contributed by atoms with E-state index in [9.17, 15) is 0 Å². The molecule has 6 nitrogen and oxygen atoms in total. The molecule has 4 N–H and O–H groups in total. The topological polar surface area (TPSA) is 89.2 Å². The van der Waals surface area contributed by atoms with Gasteiger partial charge in [-0.05, 0) is 60.4 Å². The Labute approximate surface area is 157 Å². The molecule has 1 saturated carbocycles. The number of nitrogens with zero attached hydrogens (tertiary/aromatic N) is 3. The van der Waals surface area contributed by atoms with E-state index in [4.69, 9.17) is 21.2 Å². The highest BCUT2D eigenvalue weighted by Gasteiger charge is 2.43. The molecule has 1 heterocycles. The first-order valence-corrected chi connectivity index (χ1v) is 9.37. The first-order chi connectivity index (χ1) is 11.0. The van der Waals surface area contributed by atoms with E-state index in [0.29, 0.717) is 5.96 Å². The van der Waals surface area contributed by atoms with Gasteiger partial charge in [-0.25, -0.2) is 4.99 Å². The third-order valence-electron chi connectivity index (χ3n) is 4.29. The molecule has 3 rings (SSSR count). The summed E-state index contributed by atoms with van der Waals surface area (Å²) < 4.78 is 7.59. The molecule has 1 spiro atoms. The number of methoxy groups -OCH3 is 1. The third-order valence-corrected chi connectivity index (χ3v) is 5.54. The summed E-state index contributed by atoms with van der Waals surface area (Å²) in [5.74, 6) is 1.39. The maximum atomic E-state index is 6.27. The van der Waals surface area contributed by atoms with Crippen molar-refractivity contribution < 1.29 is 4.74 Å². The molecule has 0 saturated heterocycles. The average Bonchev–Trinajstić information content (AvgIpc) is 2.46. The number of guanidine groups is 2. The van der Waals surface area contributed by atoms with Gasteiger partial charge in [0, 0.05) is 4.47 Å². The quantitative estimate of drug-likeness (QED) is 0.622. The molecule has 1 aliphatic heterocycles. The van der Waals surface area contributed by atoms with Crippen LogP contribution in [0.25, 0.3) is 0 Å². The second kappa shape index (κ2) is 6.46. The molecule has 1 fully saturated rings. The van der Waals surface area contributed by atoms with Gasteiger partial charge in [-0.2, -0.15) is 4.99 Å². The fourth-order valence-corrected chi connectivity index (χ4v) is 5.09. The first-order valence-electron chi connectivity index (χ1n) is 7.49. The summed E-state index contributed by atoms with van der Waals surface area (Å²) in [4.78, 5) is 10.9. The molecule has 0 amide bonds. The molecule has 2 aliphatic rings. The van der Waals surface area contributed by atoms with Crippen LogP contribution in [0.2, 0.25) is 0 Å². The maximum absolute atomic E-state index is 6.27. The second-order valence-electron chi connectivity index (χ2n) is 5.76. The summed E-state index contributed by atoms with van der Waals surface area (Å²) in [5.41, 5.74) is 12.6. The minimum Gasteiger partial charge on any atom is -0.493 e. The van der Waals surface area contributed by atoms with E-state index in [1.54, 1.807) is 7.11 Å². The molecule has 0 radical (unpaired) electrons. The predicted octanol–water partition coefficient (Wildman–Crippen LogP) is 3.17. The highest BCUT2D eigenvalue weighted by Crippen LogP contribution is 2.44. The molecule has 1 aromatic carbocycles. The number of anilines is 1. The highest BCUT2D eigenvalue weighted by atomic mass is 127. The monoisotopic (exact) mass is 491 g/mol. The lowest BCUT2D eigenvalue weighted by atomic mass is 9.87. The fourth-order valence-electron chi connectivity index (χ4n) is 3.38. The highest BCUT2D eigenvalue weighted by molar-refractivity contribution is 14.1. The van der Waals surface area contributed by atoms with Gasteiger partial charge in [0.2, 0.25) is 11.9 Å². The number of ether oxygens (including phenoxy) is 1. The summed E-state index contributed by atoms with van der Waals surface area (Å²) in [5, 5.41) is 0. The van der Waals surface area contributed by atoms with Crippen molar-refractivity contribution >= 4 is 56.1 Å². The SMILES string of the molecule is COc1c(I)cc(Br)cc1N1C(N)=NC(N)=NC12CCCCC2. The molecule has 0 bridgehead atoms. The van der Waals surface area contributed by atoms with Crippen LogP contribution in [0.3, 0.4) is 0 Å². The predicted molar refractivity (Wildman–Crippen MR) is 105 cm³/mol. The van der Waals surface area contributed by atoms with E-state index in [2.05, 4.69) is 43.5 Å². The lowest BCUT2D eigenvalue weighted by molar-refractivity contribution is 0.303. The summed E-state index contributed by atoms with van der Waals surface area (Å²) in [7, 11) is 1.66. The largest absolute Gasteiger partial charge is 0.493 e. The van der Waals surface area contributed by atoms with Crippen molar-refractivity contribution in [1.29, 1.82) is 0 Å². The lowest BCUT2D eigenvalue weighted by Gasteiger charge is -2.46. The molecule has 0 aromatic heterocycles. The number of hydrogen-bond acceptors (Lipinski definition) is 6. The van der Waals surface area contributed by atoms with Gasteiger partial charge in [-0.3, -0.25) is 4.90 Å². The second-order valence-corrected chi connectivity index (χ2v) is 7.84. The Bertz CT molecular complexity index is 685. The third kappa shape index (κ3) is 3.02. The van der Waals surface area contributed by atoms with E-state index >= 15 is 0 Å². The number of aliphatic imine (C=N–C) groups is 2. The smallest absolute Gasteiger partial charge is 0.220 e. The van der Waals surface area contributed by atoms with Crippen molar-refractivity contribution in [3.05, 3.63) is 20.2 Å². The fraction of sp³-hybridized carbons (Fsp3) is 0.467. The minimum absolute atomic E-state index is 0.254. The normalized spacial score (nSPS) is 20.2. The lowest BCUT2D eigenvalue weighted by Crippen LogP contribution is -2.58. The Morgan fingerprint density at radius 3 is 2.61 bits per heavy atom. The Morgan fingerprint density at radius 2 is 1.96 bits per heavy atom. The van der Waals surface area contributed by atoms with Crippen LogP contribution < -0.4 is 21.1 Å². The summed E-state index contributed by atoms with van der Waals surface area (Å²) in [6.07, 6.45) is 5.18. The maximum Gasteiger partial charge on any atom is 0.220 e. The number of benzene rings is 1. The van der Waals surface area contributed by atoms with Crippen LogP contribution in [-0.2, 0) is 0 Å². The zero-order valence-corrected chi connectivity index (χ0v) is 16.6. The van der Waals surface area contributed by atoms with Gasteiger partial charge in [-0.1, -0.05) is 22.4 Å². The Kier molecular flexibility index (Phi) is 4.73. The summed E-state index contributed by atoms with van der Waals surface area (Å²) in [6, 6.07) is 4.00. The van der Waals surface area contributed by atoms with Crippen LogP contribution in [-0.4, -0.2) is 24.7 Å². The Morgan fingerprint density at radius 1 is 1.26 bits per heavy atom. The van der Waals surface area contributed by atoms with Crippen LogP contribution in [0.4, 0.5) is 5.69 Å². The molecule has 23 heavy (non-hydrogen) atoms. The van der Waals surface area contributed by atoms with Gasteiger partial charge in [0.25, 0.3) is 0 Å². The standard InChI is InChI=1S/C15H19BrIN5O/c1-23-12-10(17)7-9(16)8-11(12)22-14(19)20-13(18)21-15(22)5-3-2-4-6-15/h7-8H,2-6H2,1H3,(H4,18,19,20,21). The van der Waals surface area contributed by atoms with E-state index in [1.807, 2.05) is 17.0 Å². The van der Waals surface area contributed by atoms with Gasteiger partial charge in [0.05, 0.1) is 16.4 Å². The van der Waals surface area contributed by atoms with Gasteiger partial charge in [0.1, 0.15) is 5.66 Å². The van der Waals surface area contributed by atoms with Crippen molar-refractivity contribution in [3.63, 3.8) is 0 Å². The first kappa shape index (κ1) is 16.8. The molecule has 1 aromatic rings. The number of hydrogen-bond donors (Lipinski definition) is 2. The van der Waals surface area contributed by atoms with Crippen molar-refractivity contribution in [2.24, 2.45) is 21.5 Å². The van der Waals surface area contributed by atoms with Gasteiger partial charge in [-0.15, -0.1) is 0 Å². The van der Waals surface area contributed by atoms with Crippen LogP contribution in [0.15, 0.2) is 26.6 Å². The molecule has 0 atom stereocenters. The Hall–Kier alpha value is -1.03. The summed E-state index contributed by atoms with van der Waals surface area (Å²) >= 11 is 5.81. The molecule has 8 heteroatoms. The molecular formula is C15H19BrIN5O. The molecule has 124 valence electrons. The van der Waals surface area contributed by atoms with Crippen molar-refractivity contribution in [3.8, 4) is 5.75 Å². The molecular weight excluding hydrogens is 473 g/mol. The number of rotatable bonds is 2. The molecule has 1 aliphatic carbocycles. The van der Waals surface area contributed by atoms with Gasteiger partial charge in [0.15, 0.2) is 5.75 Å². The zero-order chi connectivity index (χ0) is 16.6. The number of halogens is 2.